The topological polar surface area (TPSA) is 55.8 Å². The Hall–Kier alpha value is -1.24. The van der Waals surface area contributed by atoms with Crippen LogP contribution in [0.5, 0.6) is 11.5 Å². The lowest BCUT2D eigenvalue weighted by atomic mass is 10.1. The minimum absolute atomic E-state index is 0.625. The first-order valence-electron chi connectivity index (χ1n) is 7.95. The summed E-state index contributed by atoms with van der Waals surface area (Å²) in [6.45, 7) is 0.674. The number of ether oxygens (including phenoxy) is 2. The molecule has 0 aliphatic rings. The van der Waals surface area contributed by atoms with Gasteiger partial charge in [0.1, 0.15) is 0 Å². The second-order valence-electron chi connectivity index (χ2n) is 5.24. The highest BCUT2D eigenvalue weighted by molar-refractivity contribution is 14.1. The normalized spacial score (nSPS) is 10.9. The summed E-state index contributed by atoms with van der Waals surface area (Å²) in [5.74, 6) is 0.354. The number of benzene rings is 1. The molecule has 0 aliphatic carbocycles. The third-order valence-electron chi connectivity index (χ3n) is 3.39. The molecule has 23 heavy (non-hydrogen) atoms. The highest BCUT2D eigenvalue weighted by Gasteiger charge is 2.05. The number of carboxylic acids is 1. The monoisotopic (exact) mass is 432 g/mol. The van der Waals surface area contributed by atoms with Gasteiger partial charge in [0.25, 0.3) is 0 Å². The fourth-order valence-corrected chi connectivity index (χ4v) is 2.70. The number of unbranched alkanes of at least 4 members (excludes halogenated alkanes) is 5. The van der Waals surface area contributed by atoms with Crippen LogP contribution >= 0.6 is 22.6 Å². The van der Waals surface area contributed by atoms with Gasteiger partial charge in [-0.25, -0.2) is 4.79 Å². The maximum Gasteiger partial charge on any atom is 0.328 e. The molecular weight excluding hydrogens is 407 g/mol. The summed E-state index contributed by atoms with van der Waals surface area (Å²) in [5.41, 5.74) is 0.770. The summed E-state index contributed by atoms with van der Waals surface area (Å²) < 4.78 is 12.3. The number of carboxylic acid groups (broad SMARTS) is 1. The standard InChI is InChI=1S/C18H25IO4/c1-22-17-14-15(9-11-18(20)21)8-10-16(17)23-13-7-5-3-2-4-6-12-19/h8-11,14H,2-7,12-13H2,1H3,(H,20,21)/b11-9+. The molecule has 0 aromatic heterocycles. The lowest BCUT2D eigenvalue weighted by Gasteiger charge is -2.11. The molecule has 0 spiro atoms. The Morgan fingerprint density at radius 1 is 1.13 bits per heavy atom. The number of aliphatic carboxylic acids is 1. The Kier molecular flexibility index (Phi) is 10.5. The van der Waals surface area contributed by atoms with Crippen molar-refractivity contribution in [3.8, 4) is 11.5 Å². The van der Waals surface area contributed by atoms with Gasteiger partial charge < -0.3 is 14.6 Å². The largest absolute Gasteiger partial charge is 0.493 e. The predicted molar refractivity (Wildman–Crippen MR) is 102 cm³/mol. The van der Waals surface area contributed by atoms with E-state index in [1.54, 1.807) is 13.2 Å². The molecule has 0 fully saturated rings. The van der Waals surface area contributed by atoms with E-state index in [1.807, 2.05) is 12.1 Å². The van der Waals surface area contributed by atoms with Crippen LogP contribution in [0.4, 0.5) is 0 Å². The van der Waals surface area contributed by atoms with E-state index in [0.717, 1.165) is 18.1 Å². The van der Waals surface area contributed by atoms with E-state index >= 15 is 0 Å². The highest BCUT2D eigenvalue weighted by atomic mass is 127. The minimum Gasteiger partial charge on any atom is -0.493 e. The molecule has 4 nitrogen and oxygen atoms in total. The van der Waals surface area contributed by atoms with Crippen LogP contribution in [0.25, 0.3) is 6.08 Å². The minimum atomic E-state index is -0.970. The average molecular weight is 432 g/mol. The predicted octanol–water partition coefficient (Wildman–Crippen LogP) is 4.95. The lowest BCUT2D eigenvalue weighted by Crippen LogP contribution is -1.99. The number of alkyl halides is 1. The van der Waals surface area contributed by atoms with E-state index in [-0.39, 0.29) is 0 Å². The van der Waals surface area contributed by atoms with Gasteiger partial charge in [-0.3, -0.25) is 0 Å². The molecule has 0 saturated heterocycles. The van der Waals surface area contributed by atoms with Gasteiger partial charge in [0, 0.05) is 6.08 Å². The smallest absolute Gasteiger partial charge is 0.328 e. The van der Waals surface area contributed by atoms with Crippen LogP contribution in [0.3, 0.4) is 0 Å². The number of hydrogen-bond acceptors (Lipinski definition) is 3. The number of carbonyl (C=O) groups is 1. The Morgan fingerprint density at radius 3 is 2.48 bits per heavy atom. The van der Waals surface area contributed by atoms with Crippen molar-refractivity contribution in [2.45, 2.75) is 38.5 Å². The highest BCUT2D eigenvalue weighted by Crippen LogP contribution is 2.28. The quantitative estimate of drug-likeness (QED) is 0.220. The van der Waals surface area contributed by atoms with E-state index < -0.39 is 5.97 Å². The van der Waals surface area contributed by atoms with Gasteiger partial charge in [-0.05, 0) is 41.0 Å². The summed E-state index contributed by atoms with van der Waals surface area (Å²) in [4.78, 5) is 10.5. The fourth-order valence-electron chi connectivity index (χ4n) is 2.16. The van der Waals surface area contributed by atoms with Gasteiger partial charge in [-0.1, -0.05) is 54.3 Å². The third-order valence-corrected chi connectivity index (χ3v) is 4.15. The van der Waals surface area contributed by atoms with Crippen molar-refractivity contribution in [3.05, 3.63) is 29.8 Å². The molecule has 128 valence electrons. The Bertz CT molecular complexity index is 500. The lowest BCUT2D eigenvalue weighted by molar-refractivity contribution is -0.131. The molecule has 0 bridgehead atoms. The van der Waals surface area contributed by atoms with Crippen molar-refractivity contribution >= 4 is 34.6 Å². The van der Waals surface area contributed by atoms with Crippen molar-refractivity contribution in [3.63, 3.8) is 0 Å². The molecule has 0 heterocycles. The zero-order chi connectivity index (χ0) is 16.9. The summed E-state index contributed by atoms with van der Waals surface area (Å²) in [6.07, 6.45) is 10.1. The van der Waals surface area contributed by atoms with E-state index in [2.05, 4.69) is 22.6 Å². The Balaban J connectivity index is 2.37. The summed E-state index contributed by atoms with van der Waals surface area (Å²) in [5, 5.41) is 8.65. The molecule has 0 unspecified atom stereocenters. The maximum absolute atomic E-state index is 10.5. The van der Waals surface area contributed by atoms with Crippen LogP contribution in [-0.4, -0.2) is 29.2 Å². The van der Waals surface area contributed by atoms with Crippen molar-refractivity contribution in [1.82, 2.24) is 0 Å². The Morgan fingerprint density at radius 2 is 1.83 bits per heavy atom. The van der Waals surface area contributed by atoms with E-state index in [0.29, 0.717) is 18.1 Å². The van der Waals surface area contributed by atoms with Crippen LogP contribution < -0.4 is 9.47 Å². The van der Waals surface area contributed by atoms with Crippen LogP contribution in [0.2, 0.25) is 0 Å². The molecule has 0 aliphatic heterocycles. The zero-order valence-corrected chi connectivity index (χ0v) is 15.8. The molecule has 5 heteroatoms. The summed E-state index contributed by atoms with van der Waals surface area (Å²) in [6, 6.07) is 5.42. The van der Waals surface area contributed by atoms with Crippen LogP contribution in [0.1, 0.15) is 44.1 Å². The SMILES string of the molecule is COc1cc(/C=C/C(=O)O)ccc1OCCCCCCCCI. The molecule has 1 N–H and O–H groups in total. The first-order chi connectivity index (χ1) is 11.2. The fraction of sp³-hybridized carbons (Fsp3) is 0.500. The molecular formula is C18H25IO4. The average Bonchev–Trinajstić information content (AvgIpc) is 2.55. The van der Waals surface area contributed by atoms with Crippen molar-refractivity contribution < 1.29 is 19.4 Å². The van der Waals surface area contributed by atoms with E-state index in [4.69, 9.17) is 14.6 Å². The Labute approximate surface area is 152 Å². The summed E-state index contributed by atoms with van der Waals surface area (Å²) >= 11 is 2.42. The van der Waals surface area contributed by atoms with Crippen LogP contribution in [0, 0.1) is 0 Å². The number of methoxy groups -OCH3 is 1. The van der Waals surface area contributed by atoms with Gasteiger partial charge in [0.15, 0.2) is 11.5 Å². The zero-order valence-electron chi connectivity index (χ0n) is 13.6. The van der Waals surface area contributed by atoms with Gasteiger partial charge in [-0.15, -0.1) is 0 Å². The second-order valence-corrected chi connectivity index (χ2v) is 6.32. The van der Waals surface area contributed by atoms with Gasteiger partial charge >= 0.3 is 5.97 Å². The van der Waals surface area contributed by atoms with Crippen molar-refractivity contribution in [2.24, 2.45) is 0 Å². The van der Waals surface area contributed by atoms with Gasteiger partial charge in [0.05, 0.1) is 13.7 Å². The van der Waals surface area contributed by atoms with E-state index in [9.17, 15) is 4.79 Å². The molecule has 0 atom stereocenters. The first-order valence-corrected chi connectivity index (χ1v) is 9.47. The van der Waals surface area contributed by atoms with E-state index in [1.165, 1.54) is 42.6 Å². The number of halogens is 1. The molecule has 1 aromatic rings. The molecule has 0 radical (unpaired) electrons. The third kappa shape index (κ3) is 8.83. The molecule has 1 rings (SSSR count). The van der Waals surface area contributed by atoms with Crippen LogP contribution in [0.15, 0.2) is 24.3 Å². The molecule has 0 saturated carbocycles. The van der Waals surface area contributed by atoms with Gasteiger partial charge in [0.2, 0.25) is 0 Å². The molecule has 0 amide bonds. The molecule has 1 aromatic carbocycles. The number of rotatable bonds is 12. The van der Waals surface area contributed by atoms with Gasteiger partial charge in [-0.2, -0.15) is 0 Å². The number of hydrogen-bond donors (Lipinski definition) is 1. The van der Waals surface area contributed by atoms with Crippen LogP contribution in [-0.2, 0) is 4.79 Å². The van der Waals surface area contributed by atoms with Crippen molar-refractivity contribution in [1.29, 1.82) is 0 Å². The summed E-state index contributed by atoms with van der Waals surface area (Å²) in [7, 11) is 1.58. The maximum atomic E-state index is 10.5. The first kappa shape index (κ1) is 19.8. The van der Waals surface area contributed by atoms with Crippen molar-refractivity contribution in [2.75, 3.05) is 18.1 Å². The second kappa shape index (κ2) is 12.2.